The fourth-order valence-corrected chi connectivity index (χ4v) is 4.44. The van der Waals surface area contributed by atoms with Crippen molar-refractivity contribution in [2.45, 2.75) is 32.0 Å². The van der Waals surface area contributed by atoms with Crippen LogP contribution in [0.3, 0.4) is 0 Å². The average molecular weight is 506 g/mol. The summed E-state index contributed by atoms with van der Waals surface area (Å²) < 4.78 is 1.25. The maximum absolute atomic E-state index is 13.1. The number of amides is 1. The van der Waals surface area contributed by atoms with Crippen LogP contribution in [-0.4, -0.2) is 42.9 Å². The van der Waals surface area contributed by atoms with Gasteiger partial charge in [-0.25, -0.2) is 9.78 Å². The van der Waals surface area contributed by atoms with Gasteiger partial charge in [-0.3, -0.25) is 24.2 Å². The molecule has 0 saturated carbocycles. The van der Waals surface area contributed by atoms with Gasteiger partial charge in [-0.15, -0.1) is 5.10 Å². The molecule has 2 heterocycles. The van der Waals surface area contributed by atoms with Crippen LogP contribution in [0, 0.1) is 0 Å². The summed E-state index contributed by atoms with van der Waals surface area (Å²) in [5.74, 6) is 0.164. The summed E-state index contributed by atoms with van der Waals surface area (Å²) in [7, 11) is 0. The van der Waals surface area contributed by atoms with Gasteiger partial charge >= 0.3 is 5.69 Å². The highest BCUT2D eigenvalue weighted by molar-refractivity contribution is 7.99. The fourth-order valence-electron chi connectivity index (χ4n) is 3.76. The molecule has 0 aliphatic carbocycles. The van der Waals surface area contributed by atoms with E-state index in [4.69, 9.17) is 5.73 Å². The van der Waals surface area contributed by atoms with Gasteiger partial charge in [-0.05, 0) is 24.5 Å². The summed E-state index contributed by atoms with van der Waals surface area (Å²) in [4.78, 5) is 46.3. The highest BCUT2D eigenvalue weighted by atomic mass is 32.2. The van der Waals surface area contributed by atoms with Crippen LogP contribution in [0.5, 0.6) is 0 Å². The van der Waals surface area contributed by atoms with Crippen molar-refractivity contribution in [1.29, 1.82) is 0 Å². The summed E-state index contributed by atoms with van der Waals surface area (Å²) in [5, 5.41) is 7.49. The van der Waals surface area contributed by atoms with Crippen molar-refractivity contribution in [3.8, 4) is 11.4 Å². The van der Waals surface area contributed by atoms with Gasteiger partial charge in [0.2, 0.25) is 11.1 Å². The van der Waals surface area contributed by atoms with Crippen molar-refractivity contribution in [3.05, 3.63) is 86.6 Å². The summed E-state index contributed by atoms with van der Waals surface area (Å²) in [5.41, 5.74) is 7.81. The number of benzene rings is 2. The van der Waals surface area contributed by atoms with Crippen LogP contribution in [0.4, 0.5) is 11.5 Å². The van der Waals surface area contributed by atoms with Gasteiger partial charge in [0.15, 0.2) is 11.5 Å². The van der Waals surface area contributed by atoms with Crippen LogP contribution in [0.2, 0.25) is 0 Å². The van der Waals surface area contributed by atoms with E-state index in [2.05, 4.69) is 27.1 Å². The number of nitrogens with one attached hydrogen (secondary N) is 2. The van der Waals surface area contributed by atoms with E-state index in [0.29, 0.717) is 11.0 Å². The number of H-pyrrole nitrogens is 2. The van der Waals surface area contributed by atoms with Crippen molar-refractivity contribution in [2.75, 3.05) is 22.9 Å². The predicted molar refractivity (Wildman–Crippen MR) is 141 cm³/mol. The van der Waals surface area contributed by atoms with E-state index in [9.17, 15) is 14.4 Å². The highest BCUT2D eigenvalue weighted by Gasteiger charge is 2.23. The second-order valence-corrected chi connectivity index (χ2v) is 8.95. The molecule has 4 rings (SSSR count). The van der Waals surface area contributed by atoms with Gasteiger partial charge in [0.25, 0.3) is 5.56 Å². The van der Waals surface area contributed by atoms with Crippen LogP contribution in [0.15, 0.2) is 69.3 Å². The van der Waals surface area contributed by atoms with Crippen LogP contribution >= 0.6 is 11.8 Å². The third-order valence-corrected chi connectivity index (χ3v) is 6.54. The number of aryl methyl sites for hydroxylation is 1. The van der Waals surface area contributed by atoms with Crippen LogP contribution in [0.25, 0.3) is 11.4 Å². The lowest BCUT2D eigenvalue weighted by Crippen LogP contribution is -2.41. The van der Waals surface area contributed by atoms with E-state index in [1.54, 1.807) is 6.92 Å². The Morgan fingerprint density at radius 3 is 2.44 bits per heavy atom. The van der Waals surface area contributed by atoms with Gasteiger partial charge in [-0.2, -0.15) is 0 Å². The molecule has 10 nitrogen and oxygen atoms in total. The second kappa shape index (κ2) is 11.1. The molecule has 0 atom stereocenters. The highest BCUT2D eigenvalue weighted by Crippen LogP contribution is 2.22. The first-order chi connectivity index (χ1) is 17.4. The summed E-state index contributed by atoms with van der Waals surface area (Å²) in [6.07, 6.45) is 0.949. The fraction of sp³-hybridized carbons (Fsp3) is 0.240. The van der Waals surface area contributed by atoms with Crippen LogP contribution in [-0.2, 0) is 17.8 Å². The Labute approximate surface area is 211 Å². The zero-order valence-electron chi connectivity index (χ0n) is 20.0. The molecule has 0 spiro atoms. The van der Waals surface area contributed by atoms with Gasteiger partial charge in [0, 0.05) is 12.1 Å². The lowest BCUT2D eigenvalue weighted by molar-refractivity contribution is -0.116. The minimum absolute atomic E-state index is 0.0173. The normalized spacial score (nSPS) is 10.9. The van der Waals surface area contributed by atoms with Crippen molar-refractivity contribution >= 4 is 29.2 Å². The first-order valence-electron chi connectivity index (χ1n) is 11.5. The molecule has 0 aliphatic rings. The Bertz CT molecular complexity index is 1460. The average Bonchev–Trinajstić information content (AvgIpc) is 3.37. The second-order valence-electron chi connectivity index (χ2n) is 8.01. The molecule has 0 bridgehead atoms. The van der Waals surface area contributed by atoms with Crippen molar-refractivity contribution < 1.29 is 4.79 Å². The van der Waals surface area contributed by atoms with E-state index in [0.717, 1.165) is 29.3 Å². The third kappa shape index (κ3) is 5.41. The Balaban J connectivity index is 1.51. The molecule has 0 unspecified atom stereocenters. The number of carbonyl (C=O) groups excluding carboxylic acids is 1. The number of aromatic amines is 2. The monoisotopic (exact) mass is 505 g/mol. The quantitative estimate of drug-likeness (QED) is 0.297. The molecule has 0 radical (unpaired) electrons. The summed E-state index contributed by atoms with van der Waals surface area (Å²) in [6.45, 7) is 4.18. The Morgan fingerprint density at radius 2 is 1.78 bits per heavy atom. The van der Waals surface area contributed by atoms with E-state index < -0.39 is 11.2 Å². The van der Waals surface area contributed by atoms with Gasteiger partial charge in [0.1, 0.15) is 5.82 Å². The molecule has 4 aromatic rings. The largest absolute Gasteiger partial charge is 0.383 e. The predicted octanol–water partition coefficient (Wildman–Crippen LogP) is 2.66. The molecular formula is C25H27N7O3S. The number of nitrogen functional groups attached to an aromatic ring is 1. The van der Waals surface area contributed by atoms with Gasteiger partial charge in [0.05, 0.1) is 12.3 Å². The SMILES string of the molecule is CCc1ccc(-c2nc(SCC(=O)N(CC)c3c(N)n(Cc4ccccc4)c(=O)[nH]c3=O)n[nH]2)cc1. The molecule has 0 saturated heterocycles. The Morgan fingerprint density at radius 1 is 1.06 bits per heavy atom. The third-order valence-electron chi connectivity index (χ3n) is 5.71. The van der Waals surface area contributed by atoms with Gasteiger partial charge < -0.3 is 10.6 Å². The summed E-state index contributed by atoms with van der Waals surface area (Å²) >= 11 is 1.15. The zero-order chi connectivity index (χ0) is 25.7. The molecule has 36 heavy (non-hydrogen) atoms. The topological polar surface area (TPSA) is 143 Å². The molecule has 2 aromatic heterocycles. The number of hydrogen-bond donors (Lipinski definition) is 3. The molecule has 0 fully saturated rings. The molecule has 186 valence electrons. The van der Waals surface area contributed by atoms with E-state index in [1.165, 1.54) is 15.0 Å². The van der Waals surface area contributed by atoms with Crippen molar-refractivity contribution in [3.63, 3.8) is 0 Å². The lowest BCUT2D eigenvalue weighted by atomic mass is 10.1. The van der Waals surface area contributed by atoms with E-state index in [1.807, 2.05) is 54.6 Å². The molecule has 2 aromatic carbocycles. The minimum Gasteiger partial charge on any atom is -0.383 e. The molecule has 11 heteroatoms. The Kier molecular flexibility index (Phi) is 7.69. The number of anilines is 2. The molecule has 4 N–H and O–H groups in total. The Hall–Kier alpha value is -4.12. The van der Waals surface area contributed by atoms with Crippen LogP contribution < -0.4 is 21.9 Å². The molecule has 1 amide bonds. The maximum atomic E-state index is 13.1. The van der Waals surface area contributed by atoms with E-state index >= 15 is 0 Å². The number of nitrogens with zero attached hydrogens (tertiary/aromatic N) is 4. The lowest BCUT2D eigenvalue weighted by Gasteiger charge is -2.23. The number of thioether (sulfide) groups is 1. The van der Waals surface area contributed by atoms with Crippen LogP contribution in [0.1, 0.15) is 25.0 Å². The van der Waals surface area contributed by atoms with E-state index in [-0.39, 0.29) is 36.3 Å². The minimum atomic E-state index is -0.710. The number of nitrogens with two attached hydrogens (primary N) is 1. The smallest absolute Gasteiger partial charge is 0.330 e. The number of hydrogen-bond acceptors (Lipinski definition) is 7. The van der Waals surface area contributed by atoms with Gasteiger partial charge in [-0.1, -0.05) is 73.3 Å². The maximum Gasteiger partial charge on any atom is 0.330 e. The first-order valence-corrected chi connectivity index (χ1v) is 12.5. The number of rotatable bonds is 9. The standard InChI is InChI=1S/C25H27N7O3S/c1-3-16-10-12-18(13-11-16)22-27-24(30-29-22)36-15-19(33)31(4-2)20-21(26)32(25(35)28-23(20)34)14-17-8-6-5-7-9-17/h5-13H,3-4,14-15,26H2,1-2H3,(H,27,29,30)(H,28,34,35). The van der Waals surface area contributed by atoms with Crippen molar-refractivity contribution in [1.82, 2.24) is 24.7 Å². The molecular weight excluding hydrogens is 478 g/mol. The first kappa shape index (κ1) is 25.0. The summed E-state index contributed by atoms with van der Waals surface area (Å²) in [6, 6.07) is 17.3. The van der Waals surface area contributed by atoms with Crippen molar-refractivity contribution in [2.24, 2.45) is 0 Å². The molecule has 0 aliphatic heterocycles. The number of aromatic nitrogens is 5. The zero-order valence-corrected chi connectivity index (χ0v) is 20.8. The number of carbonyl (C=O) groups is 1.